The van der Waals surface area contributed by atoms with Crippen LogP contribution in [0.4, 0.5) is 5.69 Å². The molecular formula is C19H20ClNO3. The second-order valence-corrected chi connectivity index (χ2v) is 6.61. The van der Waals surface area contributed by atoms with Gasteiger partial charge in [0.05, 0.1) is 0 Å². The van der Waals surface area contributed by atoms with Crippen LogP contribution in [0.2, 0.25) is 5.02 Å². The Labute approximate surface area is 146 Å². The molecule has 1 fully saturated rings. The van der Waals surface area contributed by atoms with Crippen molar-refractivity contribution < 1.29 is 15.0 Å². The number of carbonyl (C=O) groups is 1. The molecule has 1 aliphatic carbocycles. The summed E-state index contributed by atoms with van der Waals surface area (Å²) in [5.74, 6) is -0.275. The van der Waals surface area contributed by atoms with Crippen LogP contribution in [0, 0.1) is 0 Å². The van der Waals surface area contributed by atoms with Crippen LogP contribution in [0.5, 0.6) is 11.5 Å². The molecule has 0 saturated heterocycles. The van der Waals surface area contributed by atoms with Crippen LogP contribution in [-0.4, -0.2) is 23.0 Å². The normalized spacial score (nSPS) is 20.8. The second-order valence-electron chi connectivity index (χ2n) is 6.20. The van der Waals surface area contributed by atoms with Crippen molar-refractivity contribution in [3.63, 3.8) is 0 Å². The number of aromatic hydroxyl groups is 2. The summed E-state index contributed by atoms with van der Waals surface area (Å²) in [6.07, 6.45) is 2.96. The highest BCUT2D eigenvalue weighted by Gasteiger charge is 2.46. The standard InChI is InChI=1S/C19H20ClNO3/c1-21(13-9-10-16(22)17(23)12-13)19(11-5-4-8-18(19)24)14-6-2-3-7-15(14)20/h2-3,6-7,9-10,12,22-23H,4-5,8,11H2,1H3. The van der Waals surface area contributed by atoms with Gasteiger partial charge in [-0.25, -0.2) is 0 Å². The van der Waals surface area contributed by atoms with Crippen LogP contribution in [-0.2, 0) is 10.3 Å². The van der Waals surface area contributed by atoms with E-state index in [4.69, 9.17) is 11.6 Å². The molecular weight excluding hydrogens is 326 g/mol. The Morgan fingerprint density at radius 1 is 1.08 bits per heavy atom. The third-order valence-corrected chi connectivity index (χ3v) is 5.22. The minimum Gasteiger partial charge on any atom is -0.504 e. The van der Waals surface area contributed by atoms with Gasteiger partial charge >= 0.3 is 0 Å². The molecule has 3 rings (SSSR count). The molecule has 2 N–H and O–H groups in total. The Kier molecular flexibility index (Phi) is 4.41. The number of halogens is 1. The minimum atomic E-state index is -0.861. The first-order valence-corrected chi connectivity index (χ1v) is 8.39. The number of anilines is 1. The minimum absolute atomic E-state index is 0.122. The topological polar surface area (TPSA) is 60.8 Å². The van der Waals surface area contributed by atoms with Gasteiger partial charge in [-0.05, 0) is 37.5 Å². The van der Waals surface area contributed by atoms with E-state index in [-0.39, 0.29) is 17.3 Å². The van der Waals surface area contributed by atoms with Gasteiger partial charge in [0.25, 0.3) is 0 Å². The molecule has 5 heteroatoms. The van der Waals surface area contributed by atoms with Crippen LogP contribution in [0.15, 0.2) is 42.5 Å². The summed E-state index contributed by atoms with van der Waals surface area (Å²) in [5, 5.41) is 19.9. The van der Waals surface area contributed by atoms with Gasteiger partial charge in [0.1, 0.15) is 5.54 Å². The predicted molar refractivity (Wildman–Crippen MR) is 94.8 cm³/mol. The molecule has 0 amide bonds. The number of rotatable bonds is 3. The Morgan fingerprint density at radius 3 is 2.50 bits per heavy atom. The largest absolute Gasteiger partial charge is 0.504 e. The lowest BCUT2D eigenvalue weighted by Gasteiger charge is -2.45. The predicted octanol–water partition coefficient (Wildman–Crippen LogP) is 4.23. The summed E-state index contributed by atoms with van der Waals surface area (Å²) >= 11 is 6.43. The van der Waals surface area contributed by atoms with Gasteiger partial charge < -0.3 is 15.1 Å². The van der Waals surface area contributed by atoms with E-state index in [9.17, 15) is 15.0 Å². The average Bonchev–Trinajstić information content (AvgIpc) is 2.58. The van der Waals surface area contributed by atoms with E-state index in [1.807, 2.05) is 30.1 Å². The SMILES string of the molecule is CN(c1ccc(O)c(O)c1)C1(c2ccccc2Cl)CCCCC1=O. The van der Waals surface area contributed by atoms with Crippen molar-refractivity contribution >= 4 is 23.1 Å². The average molecular weight is 346 g/mol. The molecule has 4 nitrogen and oxygen atoms in total. The summed E-state index contributed by atoms with van der Waals surface area (Å²) < 4.78 is 0. The van der Waals surface area contributed by atoms with Gasteiger partial charge in [-0.3, -0.25) is 4.79 Å². The Hall–Kier alpha value is -2.20. The number of hydrogen-bond acceptors (Lipinski definition) is 4. The van der Waals surface area contributed by atoms with E-state index < -0.39 is 5.54 Å². The molecule has 0 heterocycles. The van der Waals surface area contributed by atoms with Gasteiger partial charge in [0.15, 0.2) is 17.3 Å². The van der Waals surface area contributed by atoms with E-state index in [1.54, 1.807) is 12.1 Å². The zero-order valence-corrected chi connectivity index (χ0v) is 14.3. The van der Waals surface area contributed by atoms with Crippen LogP contribution < -0.4 is 4.90 Å². The number of carbonyl (C=O) groups excluding carboxylic acids is 1. The highest BCUT2D eigenvalue weighted by Crippen LogP contribution is 2.45. The summed E-state index contributed by atoms with van der Waals surface area (Å²) in [6.45, 7) is 0. The van der Waals surface area contributed by atoms with Gasteiger partial charge in [0, 0.05) is 35.8 Å². The van der Waals surface area contributed by atoms with Crippen molar-refractivity contribution in [2.45, 2.75) is 31.2 Å². The van der Waals surface area contributed by atoms with Gasteiger partial charge in [-0.2, -0.15) is 0 Å². The number of likely N-dealkylation sites (N-methyl/N-ethyl adjacent to an activating group) is 1. The molecule has 1 aliphatic rings. The number of nitrogens with zero attached hydrogens (tertiary/aromatic N) is 1. The fourth-order valence-electron chi connectivity index (χ4n) is 3.57. The first kappa shape index (κ1) is 16.7. The lowest BCUT2D eigenvalue weighted by molar-refractivity contribution is -0.126. The van der Waals surface area contributed by atoms with Crippen LogP contribution >= 0.6 is 11.6 Å². The Morgan fingerprint density at radius 2 is 1.83 bits per heavy atom. The number of benzene rings is 2. The molecule has 0 aliphatic heterocycles. The summed E-state index contributed by atoms with van der Waals surface area (Å²) in [6, 6.07) is 12.0. The molecule has 2 aromatic rings. The monoisotopic (exact) mass is 345 g/mol. The lowest BCUT2D eigenvalue weighted by Crippen LogP contribution is -2.52. The van der Waals surface area contributed by atoms with E-state index in [2.05, 4.69) is 0 Å². The maximum absolute atomic E-state index is 13.0. The zero-order chi connectivity index (χ0) is 17.3. The fourth-order valence-corrected chi connectivity index (χ4v) is 3.86. The summed E-state index contributed by atoms with van der Waals surface area (Å²) in [5.41, 5.74) is 0.576. The number of ketones is 1. The van der Waals surface area contributed by atoms with E-state index in [1.165, 1.54) is 12.1 Å². The van der Waals surface area contributed by atoms with Gasteiger partial charge in [0.2, 0.25) is 0 Å². The molecule has 126 valence electrons. The van der Waals surface area contributed by atoms with Crippen molar-refractivity contribution in [3.05, 3.63) is 53.1 Å². The van der Waals surface area contributed by atoms with Gasteiger partial charge in [-0.15, -0.1) is 0 Å². The van der Waals surface area contributed by atoms with Crippen LogP contribution in [0.1, 0.15) is 31.2 Å². The van der Waals surface area contributed by atoms with Gasteiger partial charge in [-0.1, -0.05) is 29.8 Å². The molecule has 2 aromatic carbocycles. The van der Waals surface area contributed by atoms with Crippen molar-refractivity contribution in [1.82, 2.24) is 0 Å². The number of phenols is 2. The van der Waals surface area contributed by atoms with E-state index >= 15 is 0 Å². The molecule has 0 aromatic heterocycles. The highest BCUT2D eigenvalue weighted by molar-refractivity contribution is 6.31. The molecule has 1 saturated carbocycles. The number of Topliss-reactive ketones (excluding diaryl/α,β-unsaturated/α-hetero) is 1. The molecule has 1 unspecified atom stereocenters. The maximum atomic E-state index is 13.0. The summed E-state index contributed by atoms with van der Waals surface area (Å²) in [4.78, 5) is 14.9. The Bertz CT molecular complexity index is 777. The zero-order valence-electron chi connectivity index (χ0n) is 13.5. The van der Waals surface area contributed by atoms with Crippen LogP contribution in [0.25, 0.3) is 0 Å². The molecule has 0 radical (unpaired) electrons. The molecule has 0 spiro atoms. The lowest BCUT2D eigenvalue weighted by atomic mass is 9.74. The van der Waals surface area contributed by atoms with Crippen molar-refractivity contribution in [2.75, 3.05) is 11.9 Å². The Balaban J connectivity index is 2.16. The van der Waals surface area contributed by atoms with E-state index in [0.717, 1.165) is 18.4 Å². The van der Waals surface area contributed by atoms with Crippen molar-refractivity contribution in [2.24, 2.45) is 0 Å². The third-order valence-electron chi connectivity index (χ3n) is 4.89. The molecule has 0 bridgehead atoms. The third kappa shape index (κ3) is 2.61. The first-order chi connectivity index (χ1) is 11.5. The molecule has 1 atom stereocenters. The first-order valence-electron chi connectivity index (χ1n) is 8.01. The second kappa shape index (κ2) is 6.36. The van der Waals surface area contributed by atoms with Crippen molar-refractivity contribution in [1.29, 1.82) is 0 Å². The smallest absolute Gasteiger partial charge is 0.162 e. The quantitative estimate of drug-likeness (QED) is 0.817. The van der Waals surface area contributed by atoms with Crippen LogP contribution in [0.3, 0.4) is 0 Å². The van der Waals surface area contributed by atoms with Crippen molar-refractivity contribution in [3.8, 4) is 11.5 Å². The summed E-state index contributed by atoms with van der Waals surface area (Å²) in [7, 11) is 1.83. The number of phenolic OH excluding ortho intramolecular Hbond substituents is 2. The van der Waals surface area contributed by atoms with E-state index in [0.29, 0.717) is 23.6 Å². The maximum Gasteiger partial charge on any atom is 0.162 e. The molecule has 24 heavy (non-hydrogen) atoms. The highest BCUT2D eigenvalue weighted by atomic mass is 35.5. The number of hydrogen-bond donors (Lipinski definition) is 2. The fraction of sp³-hybridized carbons (Fsp3) is 0.316.